The molecule has 0 amide bonds. The lowest BCUT2D eigenvalue weighted by molar-refractivity contribution is 0.414. The standard InChI is InChI=1S/C11H15N3O/c1-15-9-3-2-4-13-11(9)14-10-7-5-12-6-8(7)10/h2-4,7-8,10,12H,5-6H2,1H3,(H,13,14). The Balaban J connectivity index is 1.72. The van der Waals surface area contributed by atoms with Gasteiger partial charge in [-0.1, -0.05) is 0 Å². The second-order valence-corrected chi connectivity index (χ2v) is 4.21. The first-order chi connectivity index (χ1) is 7.40. The number of hydrogen-bond donors (Lipinski definition) is 2. The third-order valence-electron chi connectivity index (χ3n) is 3.39. The van der Waals surface area contributed by atoms with Crippen LogP contribution in [0.4, 0.5) is 5.82 Å². The van der Waals surface area contributed by atoms with Crippen LogP contribution >= 0.6 is 0 Å². The monoisotopic (exact) mass is 205 g/mol. The summed E-state index contributed by atoms with van der Waals surface area (Å²) in [5.74, 6) is 3.28. The first-order valence-electron chi connectivity index (χ1n) is 5.36. The van der Waals surface area contributed by atoms with Gasteiger partial charge in [0, 0.05) is 25.3 Å². The van der Waals surface area contributed by atoms with E-state index in [2.05, 4.69) is 15.6 Å². The molecule has 2 atom stereocenters. The van der Waals surface area contributed by atoms with Crippen molar-refractivity contribution in [3.05, 3.63) is 18.3 Å². The minimum atomic E-state index is 0.593. The van der Waals surface area contributed by atoms with Crippen molar-refractivity contribution < 1.29 is 4.74 Å². The van der Waals surface area contributed by atoms with E-state index in [4.69, 9.17) is 4.74 Å². The molecule has 2 N–H and O–H groups in total. The quantitative estimate of drug-likeness (QED) is 0.763. The molecule has 1 aliphatic heterocycles. The number of rotatable bonds is 3. The number of aromatic nitrogens is 1. The second-order valence-electron chi connectivity index (χ2n) is 4.21. The maximum absolute atomic E-state index is 5.26. The van der Waals surface area contributed by atoms with Crippen molar-refractivity contribution in [3.8, 4) is 5.75 Å². The molecule has 0 bridgehead atoms. The fraction of sp³-hybridized carbons (Fsp3) is 0.545. The Hall–Kier alpha value is -1.29. The SMILES string of the molecule is COc1cccnc1NC1C2CNCC21. The minimum Gasteiger partial charge on any atom is -0.493 e. The van der Waals surface area contributed by atoms with Crippen molar-refractivity contribution in [2.45, 2.75) is 6.04 Å². The highest BCUT2D eigenvalue weighted by Gasteiger charge is 2.53. The summed E-state index contributed by atoms with van der Waals surface area (Å²) in [4.78, 5) is 4.30. The van der Waals surface area contributed by atoms with E-state index in [-0.39, 0.29) is 0 Å². The molecule has 1 aromatic heterocycles. The van der Waals surface area contributed by atoms with E-state index in [0.717, 1.165) is 36.5 Å². The molecule has 80 valence electrons. The molecule has 4 nitrogen and oxygen atoms in total. The van der Waals surface area contributed by atoms with Crippen LogP contribution in [-0.4, -0.2) is 31.2 Å². The molecule has 2 aliphatic rings. The van der Waals surface area contributed by atoms with Gasteiger partial charge >= 0.3 is 0 Å². The van der Waals surface area contributed by atoms with Crippen molar-refractivity contribution in [3.63, 3.8) is 0 Å². The highest BCUT2D eigenvalue weighted by Crippen LogP contribution is 2.44. The number of fused-ring (bicyclic) bond motifs is 1. The smallest absolute Gasteiger partial charge is 0.168 e. The van der Waals surface area contributed by atoms with Gasteiger partial charge in [0.1, 0.15) is 0 Å². The first kappa shape index (κ1) is 8.97. The molecule has 0 spiro atoms. The Bertz CT molecular complexity index is 359. The van der Waals surface area contributed by atoms with Crippen LogP contribution in [0.15, 0.2) is 18.3 Å². The van der Waals surface area contributed by atoms with E-state index in [1.807, 2.05) is 12.1 Å². The van der Waals surface area contributed by atoms with Gasteiger partial charge in [-0.15, -0.1) is 0 Å². The molecule has 1 saturated carbocycles. The third kappa shape index (κ3) is 1.45. The number of anilines is 1. The lowest BCUT2D eigenvalue weighted by Crippen LogP contribution is -2.21. The summed E-state index contributed by atoms with van der Waals surface area (Å²) in [7, 11) is 1.68. The van der Waals surface area contributed by atoms with Gasteiger partial charge < -0.3 is 15.4 Å². The number of piperidine rings is 1. The predicted molar refractivity (Wildman–Crippen MR) is 58.0 cm³/mol. The third-order valence-corrected chi connectivity index (χ3v) is 3.39. The Morgan fingerprint density at radius 3 is 3.00 bits per heavy atom. The predicted octanol–water partition coefficient (Wildman–Crippen LogP) is 0.720. The lowest BCUT2D eigenvalue weighted by Gasteiger charge is -2.11. The first-order valence-corrected chi connectivity index (χ1v) is 5.36. The highest BCUT2D eigenvalue weighted by molar-refractivity contribution is 5.51. The van der Waals surface area contributed by atoms with E-state index < -0.39 is 0 Å². The average Bonchev–Trinajstić information content (AvgIpc) is 2.75. The molecule has 1 aromatic rings. The summed E-state index contributed by atoms with van der Waals surface area (Å²) in [6.45, 7) is 2.27. The number of pyridine rings is 1. The zero-order valence-electron chi connectivity index (χ0n) is 8.73. The Kier molecular flexibility index (Phi) is 2.02. The topological polar surface area (TPSA) is 46.2 Å². The lowest BCUT2D eigenvalue weighted by atomic mass is 10.4. The summed E-state index contributed by atoms with van der Waals surface area (Å²) < 4.78 is 5.26. The molecule has 15 heavy (non-hydrogen) atoms. The molecule has 2 unspecified atom stereocenters. The summed E-state index contributed by atoms with van der Waals surface area (Å²) >= 11 is 0. The van der Waals surface area contributed by atoms with Crippen LogP contribution in [0, 0.1) is 11.8 Å². The van der Waals surface area contributed by atoms with Crippen LogP contribution < -0.4 is 15.4 Å². The summed E-state index contributed by atoms with van der Waals surface area (Å²) in [5, 5.41) is 6.84. The van der Waals surface area contributed by atoms with Gasteiger partial charge in [0.15, 0.2) is 11.6 Å². The van der Waals surface area contributed by atoms with E-state index in [0.29, 0.717) is 6.04 Å². The largest absolute Gasteiger partial charge is 0.493 e. The Morgan fingerprint density at radius 1 is 1.47 bits per heavy atom. The summed E-state index contributed by atoms with van der Waals surface area (Å²) in [5.41, 5.74) is 0. The molecule has 3 rings (SSSR count). The zero-order chi connectivity index (χ0) is 10.3. The van der Waals surface area contributed by atoms with E-state index in [9.17, 15) is 0 Å². The van der Waals surface area contributed by atoms with Gasteiger partial charge in [-0.05, 0) is 24.0 Å². The van der Waals surface area contributed by atoms with Crippen LogP contribution in [0.5, 0.6) is 5.75 Å². The number of nitrogens with zero attached hydrogens (tertiary/aromatic N) is 1. The van der Waals surface area contributed by atoms with Gasteiger partial charge in [-0.2, -0.15) is 0 Å². The van der Waals surface area contributed by atoms with Crippen molar-refractivity contribution in [1.29, 1.82) is 0 Å². The number of nitrogens with one attached hydrogen (secondary N) is 2. The van der Waals surface area contributed by atoms with Crippen molar-refractivity contribution in [1.82, 2.24) is 10.3 Å². The van der Waals surface area contributed by atoms with Gasteiger partial charge in [0.25, 0.3) is 0 Å². The second kappa shape index (κ2) is 3.38. The van der Waals surface area contributed by atoms with Gasteiger partial charge in [0.05, 0.1) is 7.11 Å². The zero-order valence-corrected chi connectivity index (χ0v) is 8.73. The maximum Gasteiger partial charge on any atom is 0.168 e. The molecule has 0 radical (unpaired) electrons. The molecular formula is C11H15N3O. The van der Waals surface area contributed by atoms with E-state index >= 15 is 0 Å². The van der Waals surface area contributed by atoms with Crippen molar-refractivity contribution in [2.24, 2.45) is 11.8 Å². The van der Waals surface area contributed by atoms with Crippen molar-refractivity contribution in [2.75, 3.05) is 25.5 Å². The molecular weight excluding hydrogens is 190 g/mol. The molecule has 1 aliphatic carbocycles. The Labute approximate surface area is 89.0 Å². The van der Waals surface area contributed by atoms with Crippen LogP contribution in [0.1, 0.15) is 0 Å². The van der Waals surface area contributed by atoms with Gasteiger partial charge in [-0.25, -0.2) is 4.98 Å². The molecule has 2 fully saturated rings. The molecule has 1 saturated heterocycles. The van der Waals surface area contributed by atoms with Gasteiger partial charge in [-0.3, -0.25) is 0 Å². The fourth-order valence-electron chi connectivity index (χ4n) is 2.45. The fourth-order valence-corrected chi connectivity index (χ4v) is 2.45. The molecule has 4 heteroatoms. The Morgan fingerprint density at radius 2 is 2.27 bits per heavy atom. The summed E-state index contributed by atoms with van der Waals surface area (Å²) in [6.07, 6.45) is 1.79. The number of hydrogen-bond acceptors (Lipinski definition) is 4. The number of ether oxygens (including phenoxy) is 1. The molecule has 2 heterocycles. The summed E-state index contributed by atoms with van der Waals surface area (Å²) in [6, 6.07) is 4.42. The van der Waals surface area contributed by atoms with Crippen LogP contribution in [0.2, 0.25) is 0 Å². The maximum atomic E-state index is 5.26. The number of methoxy groups -OCH3 is 1. The van der Waals surface area contributed by atoms with E-state index in [1.54, 1.807) is 13.3 Å². The van der Waals surface area contributed by atoms with Crippen molar-refractivity contribution >= 4 is 5.82 Å². The van der Waals surface area contributed by atoms with E-state index in [1.165, 1.54) is 0 Å². The highest BCUT2D eigenvalue weighted by atomic mass is 16.5. The van der Waals surface area contributed by atoms with Crippen LogP contribution in [0.3, 0.4) is 0 Å². The average molecular weight is 205 g/mol. The normalized spacial score (nSPS) is 32.2. The minimum absolute atomic E-state index is 0.593. The molecule has 0 aromatic carbocycles. The van der Waals surface area contributed by atoms with Crippen LogP contribution in [0.25, 0.3) is 0 Å². The van der Waals surface area contributed by atoms with Crippen LogP contribution in [-0.2, 0) is 0 Å². The van der Waals surface area contributed by atoms with Gasteiger partial charge in [0.2, 0.25) is 0 Å².